The maximum Gasteiger partial charge on any atom is 1.00 e. The predicted molar refractivity (Wildman–Crippen MR) is 39.0 cm³/mol. The molecule has 0 radical (unpaired) electrons. The number of hydrogen-bond acceptors (Lipinski definition) is 6. The van der Waals surface area contributed by atoms with Crippen molar-refractivity contribution in [2.75, 3.05) is 0 Å². The van der Waals surface area contributed by atoms with E-state index in [4.69, 9.17) is 5.73 Å². The summed E-state index contributed by atoms with van der Waals surface area (Å²) in [7, 11) is 0. The number of esters is 2. The summed E-state index contributed by atoms with van der Waals surface area (Å²) in [4.78, 5) is 31.0. The van der Waals surface area contributed by atoms with Gasteiger partial charge in [0, 0.05) is 12.9 Å². The Labute approximate surface area is 103 Å². The summed E-state index contributed by atoms with van der Waals surface area (Å²) in [6, 6.07) is -1.10. The van der Waals surface area contributed by atoms with Crippen LogP contribution in [0.4, 0.5) is 0 Å². The Bertz CT molecular complexity index is 230. The number of aliphatic carboxylic acids is 1. The molecule has 6 nitrogen and oxygen atoms in total. The van der Waals surface area contributed by atoms with Crippen molar-refractivity contribution in [1.82, 2.24) is 0 Å². The van der Waals surface area contributed by atoms with Gasteiger partial charge in [0.15, 0.2) is 0 Å². The minimum Gasteiger partial charge on any atom is -0.550 e. The summed E-state index contributed by atoms with van der Waals surface area (Å²) in [6.45, 7) is 1.06. The fourth-order valence-electron chi connectivity index (χ4n) is 0.609. The van der Waals surface area contributed by atoms with Crippen LogP contribution in [0.15, 0.2) is 0 Å². The van der Waals surface area contributed by atoms with Gasteiger partial charge in [-0.15, -0.1) is 0 Å². The fraction of sp³-hybridized carbons (Fsp3) is 0.571. The predicted octanol–water partition coefficient (Wildman–Crippen LogP) is -5.06. The second-order valence-electron chi connectivity index (χ2n) is 2.43. The summed E-state index contributed by atoms with van der Waals surface area (Å²) >= 11 is 0. The van der Waals surface area contributed by atoms with Crippen LogP contribution in [-0.4, -0.2) is 23.9 Å². The van der Waals surface area contributed by atoms with E-state index in [9.17, 15) is 19.5 Å². The Morgan fingerprint density at radius 3 is 2.29 bits per heavy atom. The van der Waals surface area contributed by atoms with Gasteiger partial charge >= 0.3 is 41.5 Å². The van der Waals surface area contributed by atoms with Gasteiger partial charge in [-0.1, -0.05) is 0 Å². The molecule has 7 heteroatoms. The van der Waals surface area contributed by atoms with Gasteiger partial charge < -0.3 is 20.4 Å². The van der Waals surface area contributed by atoms with Crippen molar-refractivity contribution in [3.8, 4) is 0 Å². The van der Waals surface area contributed by atoms with Crippen LogP contribution in [0.2, 0.25) is 0 Å². The average molecular weight is 211 g/mol. The molecule has 0 rings (SSSR count). The quantitative estimate of drug-likeness (QED) is 0.283. The van der Waals surface area contributed by atoms with Crippen LogP contribution in [0.3, 0.4) is 0 Å². The van der Waals surface area contributed by atoms with Crippen molar-refractivity contribution < 1.29 is 53.8 Å². The van der Waals surface area contributed by atoms with E-state index in [0.717, 1.165) is 6.92 Å². The third-order valence-corrected chi connectivity index (χ3v) is 1.21. The molecule has 0 heterocycles. The maximum atomic E-state index is 10.8. The first kappa shape index (κ1) is 16.0. The summed E-state index contributed by atoms with van der Waals surface area (Å²) < 4.78 is 4.13. The molecule has 0 spiro atoms. The van der Waals surface area contributed by atoms with Crippen LogP contribution in [0.25, 0.3) is 0 Å². The molecule has 0 aliphatic rings. The zero-order valence-corrected chi connectivity index (χ0v) is 10.1. The number of rotatable bonds is 4. The average Bonchev–Trinajstić information content (AvgIpc) is 1.98. The third-order valence-electron chi connectivity index (χ3n) is 1.21. The topological polar surface area (TPSA) is 110 Å². The van der Waals surface area contributed by atoms with Gasteiger partial charge in [-0.05, 0) is 12.8 Å². The van der Waals surface area contributed by atoms with E-state index >= 15 is 0 Å². The monoisotopic (exact) mass is 211 g/mol. The van der Waals surface area contributed by atoms with E-state index in [2.05, 4.69) is 4.74 Å². The van der Waals surface area contributed by atoms with E-state index in [1.54, 1.807) is 0 Å². The number of carbonyl (C=O) groups excluding carboxylic acids is 3. The number of ether oxygens (including phenoxy) is 1. The Morgan fingerprint density at radius 1 is 1.43 bits per heavy atom. The van der Waals surface area contributed by atoms with Gasteiger partial charge in [0.2, 0.25) is 0 Å². The molecular weight excluding hydrogens is 201 g/mol. The summed E-state index contributed by atoms with van der Waals surface area (Å²) in [5, 5.41) is 9.96. The third kappa shape index (κ3) is 8.18. The molecule has 1 atom stereocenters. The van der Waals surface area contributed by atoms with Gasteiger partial charge in [0.05, 0.1) is 0 Å². The van der Waals surface area contributed by atoms with Gasteiger partial charge in [0.25, 0.3) is 0 Å². The van der Waals surface area contributed by atoms with Crippen LogP contribution in [0.5, 0.6) is 0 Å². The van der Waals surface area contributed by atoms with Gasteiger partial charge in [-0.25, -0.2) is 4.79 Å². The van der Waals surface area contributed by atoms with Crippen molar-refractivity contribution >= 4 is 17.9 Å². The van der Waals surface area contributed by atoms with E-state index in [1.165, 1.54) is 0 Å². The molecule has 0 aliphatic carbocycles. The molecule has 0 amide bonds. The number of carboxylic acid groups (broad SMARTS) is 1. The van der Waals surface area contributed by atoms with Gasteiger partial charge in [-0.3, -0.25) is 4.79 Å². The molecule has 0 aromatic carbocycles. The van der Waals surface area contributed by atoms with Crippen molar-refractivity contribution in [3.05, 3.63) is 0 Å². The largest absolute Gasteiger partial charge is 1.00 e. The van der Waals surface area contributed by atoms with Crippen LogP contribution >= 0.6 is 0 Å². The molecule has 0 aliphatic heterocycles. The molecule has 0 bridgehead atoms. The van der Waals surface area contributed by atoms with Crippen LogP contribution in [0.1, 0.15) is 19.8 Å². The maximum absolute atomic E-state index is 10.8. The molecule has 0 saturated heterocycles. The van der Waals surface area contributed by atoms with E-state index in [1.807, 2.05) is 0 Å². The van der Waals surface area contributed by atoms with E-state index < -0.39 is 23.9 Å². The second kappa shape index (κ2) is 7.93. The normalized spacial score (nSPS) is 11.0. The first-order valence-corrected chi connectivity index (χ1v) is 3.61. The molecule has 0 saturated carbocycles. The van der Waals surface area contributed by atoms with Gasteiger partial charge in [-0.2, -0.15) is 0 Å². The Kier molecular flexibility index (Phi) is 9.07. The molecule has 2 N–H and O–H groups in total. The fourth-order valence-corrected chi connectivity index (χ4v) is 0.609. The van der Waals surface area contributed by atoms with Crippen molar-refractivity contribution in [3.63, 3.8) is 0 Å². The molecule has 0 aromatic rings. The minimum atomic E-state index is -1.30. The van der Waals surface area contributed by atoms with Crippen LogP contribution in [0, 0.1) is 0 Å². The molecular formula is C7H10NNaO5. The number of hydrogen-bond donors (Lipinski definition) is 1. The molecule has 14 heavy (non-hydrogen) atoms. The molecule has 0 aromatic heterocycles. The van der Waals surface area contributed by atoms with Crippen LogP contribution in [-0.2, 0) is 19.1 Å². The second-order valence-corrected chi connectivity index (χ2v) is 2.43. The van der Waals surface area contributed by atoms with E-state index in [0.29, 0.717) is 0 Å². The first-order valence-electron chi connectivity index (χ1n) is 3.61. The molecule has 0 fully saturated rings. The van der Waals surface area contributed by atoms with E-state index in [-0.39, 0.29) is 42.4 Å². The smallest absolute Gasteiger partial charge is 0.550 e. The zero-order valence-electron chi connectivity index (χ0n) is 8.11. The Hall–Kier alpha value is -0.430. The Morgan fingerprint density at radius 2 is 1.93 bits per heavy atom. The molecule has 0 unspecified atom stereocenters. The SMILES string of the molecule is CC(=O)OC(=O)[C@@H](N)CCC(=O)[O-].[Na+]. The van der Waals surface area contributed by atoms with Crippen molar-refractivity contribution in [2.24, 2.45) is 5.73 Å². The summed E-state index contributed by atoms with van der Waals surface area (Å²) in [5.74, 6) is -2.99. The Balaban J connectivity index is 0. The van der Waals surface area contributed by atoms with Crippen molar-refractivity contribution in [2.45, 2.75) is 25.8 Å². The number of nitrogens with two attached hydrogens (primary N) is 1. The number of carboxylic acids is 1. The van der Waals surface area contributed by atoms with Crippen molar-refractivity contribution in [1.29, 1.82) is 0 Å². The summed E-state index contributed by atoms with van der Waals surface area (Å²) in [5.41, 5.74) is 5.20. The number of carbonyl (C=O) groups is 3. The molecule has 74 valence electrons. The van der Waals surface area contributed by atoms with Crippen LogP contribution < -0.4 is 40.4 Å². The standard InChI is InChI=1S/C7H11NO5.Na/c1-4(9)13-7(12)5(8)2-3-6(10)11;/h5H,2-3,8H2,1H3,(H,10,11);/q;+1/p-1/t5-;/m0./s1. The minimum absolute atomic E-state index is 0. The summed E-state index contributed by atoms with van der Waals surface area (Å²) in [6.07, 6.45) is -0.442. The first-order chi connectivity index (χ1) is 5.93. The van der Waals surface area contributed by atoms with Gasteiger partial charge in [0.1, 0.15) is 6.04 Å². The zero-order chi connectivity index (χ0) is 10.4.